The van der Waals surface area contributed by atoms with Crippen LogP contribution in [0.3, 0.4) is 0 Å². The molecule has 1 heterocycles. The zero-order valence-corrected chi connectivity index (χ0v) is 14.4. The van der Waals surface area contributed by atoms with E-state index in [1.165, 1.54) is 11.1 Å². The van der Waals surface area contributed by atoms with Gasteiger partial charge in [-0.2, -0.15) is 0 Å². The lowest BCUT2D eigenvalue weighted by Crippen LogP contribution is -2.15. The molecule has 0 aliphatic heterocycles. The number of hydrogen-bond donors (Lipinski definition) is 2. The number of hydrogen-bond acceptors (Lipinski definition) is 3. The van der Waals surface area contributed by atoms with Gasteiger partial charge in [-0.3, -0.25) is 4.79 Å². The van der Waals surface area contributed by atoms with Gasteiger partial charge in [0.1, 0.15) is 11.6 Å². The van der Waals surface area contributed by atoms with E-state index in [0.717, 1.165) is 48.8 Å². The minimum atomic E-state index is 0.0841. The molecule has 1 aromatic carbocycles. The average molecular weight is 334 g/mol. The Morgan fingerprint density at radius 3 is 2.88 bits per heavy atom. The molecule has 0 atom stereocenters. The first-order chi connectivity index (χ1) is 12.1. The molecule has 4 heteroatoms. The predicted octanol–water partition coefficient (Wildman–Crippen LogP) is 4.18. The number of benzene rings is 1. The number of aromatic hydroxyl groups is 1. The maximum absolute atomic E-state index is 11.9. The number of carbonyl (C=O) groups excluding carboxylic acids is 1. The van der Waals surface area contributed by atoms with Gasteiger partial charge >= 0.3 is 0 Å². The van der Waals surface area contributed by atoms with Crippen LogP contribution in [0.2, 0.25) is 0 Å². The molecule has 2 N–H and O–H groups in total. The van der Waals surface area contributed by atoms with Crippen LogP contribution < -0.4 is 5.32 Å². The van der Waals surface area contributed by atoms with Crippen molar-refractivity contribution < 1.29 is 9.90 Å². The summed E-state index contributed by atoms with van der Waals surface area (Å²) >= 11 is 0. The number of phenols is 1. The number of allylic oxidation sites excluding steroid dienone is 1. The number of carbonyl (C=O) groups is 1. The van der Waals surface area contributed by atoms with E-state index in [1.807, 2.05) is 18.3 Å². The number of nitrogens with zero attached hydrogens (tertiary/aromatic N) is 1. The van der Waals surface area contributed by atoms with Crippen LogP contribution in [0.4, 0.5) is 5.82 Å². The smallest absolute Gasteiger partial charge is 0.228 e. The Morgan fingerprint density at radius 2 is 2.12 bits per heavy atom. The molecule has 4 rings (SSSR count). The number of aryl methyl sites for hydroxylation is 2. The van der Waals surface area contributed by atoms with E-state index in [0.29, 0.717) is 11.6 Å². The quantitative estimate of drug-likeness (QED) is 0.881. The van der Waals surface area contributed by atoms with Gasteiger partial charge in [-0.15, -0.1) is 0 Å². The fourth-order valence-corrected chi connectivity index (χ4v) is 3.30. The molecular formula is C21H22N2O2. The zero-order valence-electron chi connectivity index (χ0n) is 14.4. The standard InChI is InChI=1S/C21H22N2O2/c1-2-13-3-8-19(24)18(9-13)16-7-6-15-11-20(22-12-17(15)10-16)23-21(25)14-4-5-14/h3,8-12,14,24H,2,4-7H2,1H3,(H,22,23,25). The fourth-order valence-electron chi connectivity index (χ4n) is 3.30. The summed E-state index contributed by atoms with van der Waals surface area (Å²) < 4.78 is 0. The van der Waals surface area contributed by atoms with Crippen molar-refractivity contribution in [3.8, 4) is 5.75 Å². The van der Waals surface area contributed by atoms with E-state index in [-0.39, 0.29) is 11.8 Å². The van der Waals surface area contributed by atoms with E-state index in [9.17, 15) is 9.90 Å². The second-order valence-electron chi connectivity index (χ2n) is 6.91. The highest BCUT2D eigenvalue weighted by molar-refractivity contribution is 5.93. The molecule has 2 aliphatic carbocycles. The summed E-state index contributed by atoms with van der Waals surface area (Å²) in [5.74, 6) is 1.23. The van der Waals surface area contributed by atoms with E-state index in [2.05, 4.69) is 29.4 Å². The molecule has 0 spiro atoms. The first-order valence-corrected chi connectivity index (χ1v) is 8.96. The minimum absolute atomic E-state index is 0.0841. The van der Waals surface area contributed by atoms with Gasteiger partial charge in [0.05, 0.1) is 0 Å². The minimum Gasteiger partial charge on any atom is -0.507 e. The third-order valence-electron chi connectivity index (χ3n) is 5.03. The maximum Gasteiger partial charge on any atom is 0.228 e. The SMILES string of the molecule is CCc1ccc(O)c(C2=Cc3cnc(NC(=O)C4CC4)cc3CC2)c1. The first-order valence-electron chi connectivity index (χ1n) is 8.96. The van der Waals surface area contributed by atoms with Crippen molar-refractivity contribution in [1.29, 1.82) is 0 Å². The molecule has 0 radical (unpaired) electrons. The molecule has 0 unspecified atom stereocenters. The van der Waals surface area contributed by atoms with Gasteiger partial charge in [-0.25, -0.2) is 4.98 Å². The normalized spacial score (nSPS) is 16.1. The molecular weight excluding hydrogens is 312 g/mol. The molecule has 1 saturated carbocycles. The van der Waals surface area contributed by atoms with Crippen molar-refractivity contribution in [2.24, 2.45) is 5.92 Å². The van der Waals surface area contributed by atoms with Gasteiger partial charge in [0.2, 0.25) is 5.91 Å². The lowest BCUT2D eigenvalue weighted by molar-refractivity contribution is -0.117. The number of fused-ring (bicyclic) bond motifs is 1. The van der Waals surface area contributed by atoms with Gasteiger partial charge in [0, 0.05) is 17.7 Å². The zero-order chi connectivity index (χ0) is 17.4. The molecule has 128 valence electrons. The molecule has 25 heavy (non-hydrogen) atoms. The van der Waals surface area contributed by atoms with Crippen molar-refractivity contribution in [3.05, 3.63) is 52.7 Å². The summed E-state index contributed by atoms with van der Waals surface area (Å²) in [4.78, 5) is 16.3. The number of rotatable bonds is 4. The van der Waals surface area contributed by atoms with Crippen LogP contribution in [-0.2, 0) is 17.6 Å². The summed E-state index contributed by atoms with van der Waals surface area (Å²) in [5.41, 5.74) is 5.52. The van der Waals surface area contributed by atoms with Crippen LogP contribution in [0.1, 0.15) is 48.4 Å². The number of nitrogens with one attached hydrogen (secondary N) is 1. The second kappa shape index (κ2) is 6.36. The Kier molecular flexibility index (Phi) is 4.04. The Morgan fingerprint density at radius 1 is 1.28 bits per heavy atom. The summed E-state index contributed by atoms with van der Waals surface area (Å²) in [6.07, 6.45) is 8.60. The number of phenolic OH excluding ortho intramolecular Hbond substituents is 1. The van der Waals surface area contributed by atoms with Crippen molar-refractivity contribution in [2.75, 3.05) is 5.32 Å². The molecule has 0 saturated heterocycles. The van der Waals surface area contributed by atoms with Crippen molar-refractivity contribution in [1.82, 2.24) is 4.98 Å². The summed E-state index contributed by atoms with van der Waals surface area (Å²) in [5, 5.41) is 13.1. The lowest BCUT2D eigenvalue weighted by Gasteiger charge is -2.18. The highest BCUT2D eigenvalue weighted by Crippen LogP contribution is 2.36. The number of pyridine rings is 1. The molecule has 1 aromatic heterocycles. The van der Waals surface area contributed by atoms with Crippen LogP contribution in [0.25, 0.3) is 11.6 Å². The van der Waals surface area contributed by atoms with Crippen molar-refractivity contribution in [3.63, 3.8) is 0 Å². The second-order valence-corrected chi connectivity index (χ2v) is 6.91. The molecule has 2 aromatic rings. The summed E-state index contributed by atoms with van der Waals surface area (Å²) in [6.45, 7) is 2.11. The summed E-state index contributed by atoms with van der Waals surface area (Å²) in [6, 6.07) is 7.79. The number of amides is 1. The monoisotopic (exact) mass is 334 g/mol. The van der Waals surface area contributed by atoms with Crippen LogP contribution in [-0.4, -0.2) is 16.0 Å². The summed E-state index contributed by atoms with van der Waals surface area (Å²) in [7, 11) is 0. The Hall–Kier alpha value is -2.62. The molecule has 4 nitrogen and oxygen atoms in total. The highest BCUT2D eigenvalue weighted by Gasteiger charge is 2.30. The van der Waals surface area contributed by atoms with E-state index in [1.54, 1.807) is 6.07 Å². The van der Waals surface area contributed by atoms with Crippen LogP contribution in [0.15, 0.2) is 30.5 Å². The Balaban J connectivity index is 1.61. The van der Waals surface area contributed by atoms with Gasteiger partial charge in [-0.05, 0) is 78.6 Å². The predicted molar refractivity (Wildman–Crippen MR) is 99.3 cm³/mol. The van der Waals surface area contributed by atoms with Crippen LogP contribution in [0.5, 0.6) is 5.75 Å². The lowest BCUT2D eigenvalue weighted by atomic mass is 9.88. The van der Waals surface area contributed by atoms with Crippen LogP contribution >= 0.6 is 0 Å². The number of anilines is 1. The molecule has 1 fully saturated rings. The highest BCUT2D eigenvalue weighted by atomic mass is 16.3. The van der Waals surface area contributed by atoms with E-state index < -0.39 is 0 Å². The fraction of sp³-hybridized carbons (Fsp3) is 0.333. The Bertz CT molecular complexity index is 866. The van der Waals surface area contributed by atoms with Gasteiger partial charge in [0.15, 0.2) is 0 Å². The maximum atomic E-state index is 11.9. The largest absolute Gasteiger partial charge is 0.507 e. The molecule has 2 aliphatic rings. The molecule has 1 amide bonds. The van der Waals surface area contributed by atoms with E-state index >= 15 is 0 Å². The van der Waals surface area contributed by atoms with Gasteiger partial charge in [0.25, 0.3) is 0 Å². The topological polar surface area (TPSA) is 62.2 Å². The molecule has 0 bridgehead atoms. The first kappa shape index (κ1) is 15.9. The van der Waals surface area contributed by atoms with E-state index in [4.69, 9.17) is 0 Å². The van der Waals surface area contributed by atoms with Gasteiger partial charge in [-0.1, -0.05) is 13.0 Å². The van der Waals surface area contributed by atoms with Crippen molar-refractivity contribution in [2.45, 2.75) is 39.0 Å². The average Bonchev–Trinajstić information content (AvgIpc) is 3.47. The third kappa shape index (κ3) is 3.29. The van der Waals surface area contributed by atoms with Crippen molar-refractivity contribution >= 4 is 23.4 Å². The Labute approximate surface area is 147 Å². The third-order valence-corrected chi connectivity index (χ3v) is 5.03. The van der Waals surface area contributed by atoms with Gasteiger partial charge < -0.3 is 10.4 Å². The van der Waals surface area contributed by atoms with Crippen LogP contribution in [0, 0.1) is 5.92 Å². The number of aromatic nitrogens is 1.